The van der Waals surface area contributed by atoms with E-state index in [-0.39, 0.29) is 11.4 Å². The lowest BCUT2D eigenvalue weighted by Crippen LogP contribution is -2.19. The molecule has 7 heteroatoms. The first kappa shape index (κ1) is 19.0. The Morgan fingerprint density at radius 1 is 1.00 bits per heavy atom. The first-order valence-corrected chi connectivity index (χ1v) is 10.0. The number of hydrogen-bond acceptors (Lipinski definition) is 3. The molecule has 0 unspecified atom stereocenters. The fourth-order valence-electron chi connectivity index (χ4n) is 3.67. The summed E-state index contributed by atoms with van der Waals surface area (Å²) >= 11 is 0. The second kappa shape index (κ2) is 7.68. The average Bonchev–Trinajstić information content (AvgIpc) is 3.35. The third-order valence-corrected chi connectivity index (χ3v) is 5.36. The molecule has 154 valence electrons. The Balaban J connectivity index is 1.59. The Morgan fingerprint density at radius 3 is 2.52 bits per heavy atom. The van der Waals surface area contributed by atoms with Gasteiger partial charge in [-0.05, 0) is 55.2 Å². The summed E-state index contributed by atoms with van der Waals surface area (Å²) in [6, 6.07) is 18.1. The second-order valence-electron chi connectivity index (χ2n) is 7.53. The quantitative estimate of drug-likeness (QED) is 0.450. The fourth-order valence-corrected chi connectivity index (χ4v) is 3.67. The molecule has 31 heavy (non-hydrogen) atoms. The highest BCUT2D eigenvalue weighted by Crippen LogP contribution is 2.23. The van der Waals surface area contributed by atoms with E-state index in [1.807, 2.05) is 43.3 Å². The van der Waals surface area contributed by atoms with Gasteiger partial charge >= 0.3 is 0 Å². The number of hydrogen-bond donors (Lipinski definition) is 2. The molecule has 6 nitrogen and oxygen atoms in total. The maximum Gasteiger partial charge on any atom is 0.277 e. The van der Waals surface area contributed by atoms with Crippen LogP contribution >= 0.6 is 0 Å². The van der Waals surface area contributed by atoms with Gasteiger partial charge in [0.25, 0.3) is 5.56 Å². The van der Waals surface area contributed by atoms with E-state index < -0.39 is 0 Å². The molecule has 3 aromatic heterocycles. The van der Waals surface area contributed by atoms with E-state index in [4.69, 9.17) is 0 Å². The zero-order chi connectivity index (χ0) is 21.4. The molecule has 0 aliphatic heterocycles. The van der Waals surface area contributed by atoms with Crippen LogP contribution in [0.2, 0.25) is 0 Å². The van der Waals surface area contributed by atoms with Crippen LogP contribution in [0.1, 0.15) is 16.7 Å². The summed E-state index contributed by atoms with van der Waals surface area (Å²) in [4.78, 5) is 25.2. The largest absolute Gasteiger partial charge is 0.321 e. The third kappa shape index (κ3) is 3.66. The van der Waals surface area contributed by atoms with Crippen molar-refractivity contribution in [2.24, 2.45) is 0 Å². The lowest BCUT2D eigenvalue weighted by atomic mass is 10.0. The minimum Gasteiger partial charge on any atom is -0.321 e. The summed E-state index contributed by atoms with van der Waals surface area (Å²) in [6.07, 6.45) is 2.79. The van der Waals surface area contributed by atoms with Gasteiger partial charge in [0.2, 0.25) is 5.95 Å². The van der Waals surface area contributed by atoms with Crippen molar-refractivity contribution >= 4 is 11.2 Å². The van der Waals surface area contributed by atoms with E-state index in [9.17, 15) is 9.18 Å². The molecule has 3 heterocycles. The first-order valence-electron chi connectivity index (χ1n) is 10.0. The molecule has 0 aliphatic rings. The minimum absolute atomic E-state index is 0.170. The first-order chi connectivity index (χ1) is 15.1. The van der Waals surface area contributed by atoms with Crippen LogP contribution in [0.4, 0.5) is 4.39 Å². The van der Waals surface area contributed by atoms with Gasteiger partial charge in [0.05, 0.1) is 11.2 Å². The van der Waals surface area contributed by atoms with Crippen LogP contribution in [-0.2, 0) is 12.8 Å². The van der Waals surface area contributed by atoms with E-state index in [1.54, 1.807) is 18.3 Å². The standard InChI is InChI=1S/C24H20FN5O/c1-15-4-9-17(10-5-15)21-19(13-8-16-6-11-18(25)12-7-16)23(31)30(29-21)24-27-20-3-2-14-26-22(20)28-24/h2-7,9-12,14,29H,8,13H2,1H3,(H,26,27,28). The van der Waals surface area contributed by atoms with Crippen LogP contribution in [0.3, 0.4) is 0 Å². The summed E-state index contributed by atoms with van der Waals surface area (Å²) in [5.74, 6) is 0.117. The number of halogens is 1. The number of rotatable bonds is 5. The lowest BCUT2D eigenvalue weighted by Gasteiger charge is -2.04. The Kier molecular flexibility index (Phi) is 4.71. The van der Waals surface area contributed by atoms with Crippen LogP contribution in [0, 0.1) is 12.7 Å². The van der Waals surface area contributed by atoms with Crippen LogP contribution in [-0.4, -0.2) is 24.7 Å². The number of aromatic nitrogens is 5. The molecule has 2 N–H and O–H groups in total. The minimum atomic E-state index is -0.272. The maximum absolute atomic E-state index is 13.4. The van der Waals surface area contributed by atoms with E-state index >= 15 is 0 Å². The SMILES string of the molecule is Cc1ccc(-c2[nH]n(-c3nc4ncccc4[nH]3)c(=O)c2CCc2ccc(F)cc2)cc1. The van der Waals surface area contributed by atoms with Gasteiger partial charge in [-0.15, -0.1) is 0 Å². The van der Waals surface area contributed by atoms with Crippen LogP contribution in [0.15, 0.2) is 71.7 Å². The molecule has 0 bridgehead atoms. The summed E-state index contributed by atoms with van der Waals surface area (Å²) in [5, 5.41) is 3.23. The number of aryl methyl sites for hydroxylation is 2. The number of nitrogens with one attached hydrogen (secondary N) is 2. The fraction of sp³-hybridized carbons (Fsp3) is 0.125. The van der Waals surface area contributed by atoms with Crippen molar-refractivity contribution in [2.45, 2.75) is 19.8 Å². The molecule has 0 saturated heterocycles. The van der Waals surface area contributed by atoms with Gasteiger partial charge in [0, 0.05) is 11.8 Å². The molecule has 0 radical (unpaired) electrons. The molecular formula is C24H20FN5O. The Morgan fingerprint density at radius 2 is 1.77 bits per heavy atom. The van der Waals surface area contributed by atoms with Crippen LogP contribution in [0.5, 0.6) is 0 Å². The topological polar surface area (TPSA) is 79.4 Å². The molecule has 0 atom stereocenters. The predicted molar refractivity (Wildman–Crippen MR) is 118 cm³/mol. The Labute approximate surface area is 177 Å². The van der Waals surface area contributed by atoms with Gasteiger partial charge in [-0.25, -0.2) is 9.37 Å². The molecule has 0 spiro atoms. The molecule has 0 aliphatic carbocycles. The number of aromatic amines is 2. The van der Waals surface area contributed by atoms with Crippen LogP contribution < -0.4 is 5.56 Å². The van der Waals surface area contributed by atoms with Crippen molar-refractivity contribution < 1.29 is 4.39 Å². The lowest BCUT2D eigenvalue weighted by molar-refractivity contribution is 0.627. The molecular weight excluding hydrogens is 393 g/mol. The highest BCUT2D eigenvalue weighted by molar-refractivity contribution is 5.71. The molecule has 5 aromatic rings. The zero-order valence-corrected chi connectivity index (χ0v) is 16.9. The molecule has 0 saturated carbocycles. The van der Waals surface area contributed by atoms with Crippen molar-refractivity contribution in [1.29, 1.82) is 0 Å². The number of H-pyrrole nitrogens is 2. The van der Waals surface area contributed by atoms with Gasteiger partial charge < -0.3 is 4.98 Å². The van der Waals surface area contributed by atoms with Crippen molar-refractivity contribution in [3.05, 3.63) is 99.7 Å². The number of nitrogens with zero attached hydrogens (tertiary/aromatic N) is 3. The number of pyridine rings is 1. The molecule has 2 aromatic carbocycles. The zero-order valence-electron chi connectivity index (χ0n) is 16.9. The van der Waals surface area contributed by atoms with Crippen molar-refractivity contribution in [1.82, 2.24) is 24.7 Å². The summed E-state index contributed by atoms with van der Waals surface area (Å²) < 4.78 is 14.7. The van der Waals surface area contributed by atoms with Gasteiger partial charge in [-0.1, -0.05) is 42.0 Å². The highest BCUT2D eigenvalue weighted by Gasteiger charge is 2.19. The Hall–Kier alpha value is -4.00. The van der Waals surface area contributed by atoms with Gasteiger partial charge in [-0.3, -0.25) is 9.89 Å². The second-order valence-corrected chi connectivity index (χ2v) is 7.53. The third-order valence-electron chi connectivity index (χ3n) is 5.36. The normalized spacial score (nSPS) is 11.3. The Bertz CT molecular complexity index is 1380. The van der Waals surface area contributed by atoms with Crippen molar-refractivity contribution in [2.75, 3.05) is 0 Å². The van der Waals surface area contributed by atoms with E-state index in [1.165, 1.54) is 16.8 Å². The predicted octanol–water partition coefficient (Wildman–Crippen LogP) is 4.34. The highest BCUT2D eigenvalue weighted by atomic mass is 19.1. The molecule has 0 amide bonds. The molecule has 0 fully saturated rings. The number of benzene rings is 2. The average molecular weight is 413 g/mol. The van der Waals surface area contributed by atoms with Gasteiger partial charge in [-0.2, -0.15) is 9.67 Å². The van der Waals surface area contributed by atoms with Crippen molar-refractivity contribution in [3.63, 3.8) is 0 Å². The smallest absolute Gasteiger partial charge is 0.277 e. The maximum atomic E-state index is 13.4. The van der Waals surface area contributed by atoms with E-state index in [0.29, 0.717) is 30.0 Å². The van der Waals surface area contributed by atoms with E-state index in [0.717, 1.165) is 27.9 Å². The summed E-state index contributed by atoms with van der Waals surface area (Å²) in [6.45, 7) is 2.02. The van der Waals surface area contributed by atoms with Crippen molar-refractivity contribution in [3.8, 4) is 17.2 Å². The van der Waals surface area contributed by atoms with Gasteiger partial charge in [0.15, 0.2) is 5.65 Å². The molecule has 5 rings (SSSR count). The summed E-state index contributed by atoms with van der Waals surface area (Å²) in [7, 11) is 0. The van der Waals surface area contributed by atoms with E-state index in [2.05, 4.69) is 20.1 Å². The number of fused-ring (bicyclic) bond motifs is 1. The summed E-state index contributed by atoms with van der Waals surface area (Å²) in [5.41, 5.74) is 5.56. The van der Waals surface area contributed by atoms with Gasteiger partial charge in [0.1, 0.15) is 5.82 Å². The monoisotopic (exact) mass is 413 g/mol. The number of imidazole rings is 1. The van der Waals surface area contributed by atoms with Crippen LogP contribution in [0.25, 0.3) is 28.4 Å².